The molecule has 1 N–H and O–H groups in total. The van der Waals surface area contributed by atoms with Gasteiger partial charge in [-0.05, 0) is 38.7 Å². The largest absolute Gasteiger partial charge is 0.353 e. The minimum Gasteiger partial charge on any atom is -0.353 e. The van der Waals surface area contributed by atoms with Gasteiger partial charge in [0.25, 0.3) is 0 Å². The molecule has 24 heavy (non-hydrogen) atoms. The number of hydrogen-bond acceptors (Lipinski definition) is 2. The number of rotatable bonds is 4. The smallest absolute Gasteiger partial charge is 0.225 e. The van der Waals surface area contributed by atoms with E-state index >= 15 is 0 Å². The molecule has 0 bridgehead atoms. The van der Waals surface area contributed by atoms with E-state index in [4.69, 9.17) is 0 Å². The summed E-state index contributed by atoms with van der Waals surface area (Å²) in [6, 6.07) is 8.44. The van der Waals surface area contributed by atoms with Gasteiger partial charge < -0.3 is 10.2 Å². The van der Waals surface area contributed by atoms with Gasteiger partial charge in [0.15, 0.2) is 0 Å². The highest BCUT2D eigenvalue weighted by Crippen LogP contribution is 2.37. The summed E-state index contributed by atoms with van der Waals surface area (Å²) in [6.07, 6.45) is 5.70. The molecule has 1 saturated heterocycles. The second kappa shape index (κ2) is 7.37. The molecule has 4 heteroatoms. The van der Waals surface area contributed by atoms with E-state index in [9.17, 15) is 9.59 Å². The predicted molar refractivity (Wildman–Crippen MR) is 94.4 cm³/mol. The zero-order chi connectivity index (χ0) is 17.1. The molecule has 0 radical (unpaired) electrons. The van der Waals surface area contributed by atoms with E-state index in [0.29, 0.717) is 25.4 Å². The Morgan fingerprint density at radius 1 is 1.17 bits per heavy atom. The molecule has 4 nitrogen and oxygen atoms in total. The normalized spacial score (nSPS) is 25.1. The molecule has 2 atom stereocenters. The lowest BCUT2D eigenvalue weighted by atomic mass is 9.83. The summed E-state index contributed by atoms with van der Waals surface area (Å²) < 4.78 is 0. The lowest BCUT2D eigenvalue weighted by Gasteiger charge is -2.40. The Hall–Kier alpha value is -1.84. The SMILES string of the molecule is CCN1C(=O)CC[C@@H](C(=O)NC2CCCC2)[C@@H]1c1ccc(C)cc1. The zero-order valence-electron chi connectivity index (χ0n) is 14.8. The summed E-state index contributed by atoms with van der Waals surface area (Å²) in [5.74, 6) is 0.136. The van der Waals surface area contributed by atoms with Crippen LogP contribution in [0.4, 0.5) is 0 Å². The van der Waals surface area contributed by atoms with Crippen molar-refractivity contribution in [2.24, 2.45) is 5.92 Å². The van der Waals surface area contributed by atoms with Crippen molar-refractivity contribution in [3.05, 3.63) is 35.4 Å². The van der Waals surface area contributed by atoms with Crippen LogP contribution >= 0.6 is 0 Å². The Labute approximate surface area is 144 Å². The minimum absolute atomic E-state index is 0.124. The van der Waals surface area contributed by atoms with Crippen LogP contribution in [0.25, 0.3) is 0 Å². The molecule has 1 aromatic carbocycles. The van der Waals surface area contributed by atoms with E-state index < -0.39 is 0 Å². The maximum atomic E-state index is 12.9. The molecule has 0 aromatic heterocycles. The topological polar surface area (TPSA) is 49.4 Å². The highest BCUT2D eigenvalue weighted by atomic mass is 16.2. The highest BCUT2D eigenvalue weighted by Gasteiger charge is 2.40. The van der Waals surface area contributed by atoms with E-state index in [2.05, 4.69) is 36.5 Å². The van der Waals surface area contributed by atoms with Crippen molar-refractivity contribution in [3.63, 3.8) is 0 Å². The number of piperidine rings is 1. The molecule has 1 aliphatic carbocycles. The number of likely N-dealkylation sites (tertiary alicyclic amines) is 1. The first-order chi connectivity index (χ1) is 11.6. The molecule has 1 heterocycles. The van der Waals surface area contributed by atoms with E-state index in [1.54, 1.807) is 0 Å². The summed E-state index contributed by atoms with van der Waals surface area (Å²) in [5, 5.41) is 3.24. The van der Waals surface area contributed by atoms with Gasteiger partial charge in [-0.15, -0.1) is 0 Å². The number of nitrogens with zero attached hydrogens (tertiary/aromatic N) is 1. The van der Waals surface area contributed by atoms with E-state index in [1.165, 1.54) is 18.4 Å². The first-order valence-electron chi connectivity index (χ1n) is 9.26. The fourth-order valence-corrected chi connectivity index (χ4v) is 4.15. The maximum Gasteiger partial charge on any atom is 0.225 e. The third-order valence-corrected chi connectivity index (χ3v) is 5.50. The third kappa shape index (κ3) is 3.47. The van der Waals surface area contributed by atoms with Crippen molar-refractivity contribution >= 4 is 11.8 Å². The van der Waals surface area contributed by atoms with Crippen molar-refractivity contribution in [3.8, 4) is 0 Å². The fourth-order valence-electron chi connectivity index (χ4n) is 4.15. The molecular formula is C20H28N2O2. The van der Waals surface area contributed by atoms with Crippen LogP contribution in [0.15, 0.2) is 24.3 Å². The molecule has 1 aromatic rings. The fraction of sp³-hybridized carbons (Fsp3) is 0.600. The number of hydrogen-bond donors (Lipinski definition) is 1. The summed E-state index contributed by atoms with van der Waals surface area (Å²) in [4.78, 5) is 27.2. The average Bonchev–Trinajstić information content (AvgIpc) is 3.08. The molecule has 1 aliphatic heterocycles. The number of carbonyl (C=O) groups excluding carboxylic acids is 2. The van der Waals surface area contributed by atoms with Crippen LogP contribution in [0.1, 0.15) is 62.6 Å². The van der Waals surface area contributed by atoms with E-state index in [-0.39, 0.29) is 23.8 Å². The first-order valence-corrected chi connectivity index (χ1v) is 9.26. The van der Waals surface area contributed by atoms with Gasteiger partial charge in [0.05, 0.1) is 12.0 Å². The number of benzene rings is 1. The summed E-state index contributed by atoms with van der Waals surface area (Å²) >= 11 is 0. The monoisotopic (exact) mass is 328 g/mol. The molecule has 130 valence electrons. The molecular weight excluding hydrogens is 300 g/mol. The van der Waals surface area contributed by atoms with Crippen LogP contribution in [0.2, 0.25) is 0 Å². The number of amides is 2. The minimum atomic E-state index is -0.147. The van der Waals surface area contributed by atoms with Crippen molar-refractivity contribution in [2.45, 2.75) is 64.5 Å². The standard InChI is InChI=1S/C20H28N2O2/c1-3-22-18(23)13-12-17(20(24)21-16-6-4-5-7-16)19(22)15-10-8-14(2)9-11-15/h8-11,16-17,19H,3-7,12-13H2,1-2H3,(H,21,24)/t17-,19+/m1/s1. The van der Waals surface area contributed by atoms with Crippen molar-refractivity contribution in [1.29, 1.82) is 0 Å². The van der Waals surface area contributed by atoms with Gasteiger partial charge >= 0.3 is 0 Å². The lowest BCUT2D eigenvalue weighted by Crippen LogP contribution is -2.49. The molecule has 2 aliphatic rings. The molecule has 0 unspecified atom stereocenters. The second-order valence-corrected chi connectivity index (χ2v) is 7.17. The van der Waals surface area contributed by atoms with Crippen LogP contribution in [0, 0.1) is 12.8 Å². The van der Waals surface area contributed by atoms with Crippen LogP contribution < -0.4 is 5.32 Å². The van der Waals surface area contributed by atoms with Crippen LogP contribution in [-0.4, -0.2) is 29.3 Å². The second-order valence-electron chi connectivity index (χ2n) is 7.17. The van der Waals surface area contributed by atoms with Gasteiger partial charge in [-0.25, -0.2) is 0 Å². The van der Waals surface area contributed by atoms with Crippen molar-refractivity contribution in [2.75, 3.05) is 6.54 Å². The van der Waals surface area contributed by atoms with Gasteiger partial charge in [-0.2, -0.15) is 0 Å². The molecule has 3 rings (SSSR count). The predicted octanol–water partition coefficient (Wildman–Crippen LogP) is 3.35. The van der Waals surface area contributed by atoms with E-state index in [1.807, 2.05) is 11.8 Å². The summed E-state index contributed by atoms with van der Waals surface area (Å²) in [7, 11) is 0. The highest BCUT2D eigenvalue weighted by molar-refractivity contribution is 5.85. The van der Waals surface area contributed by atoms with Gasteiger partial charge in [0.1, 0.15) is 0 Å². The number of nitrogens with one attached hydrogen (secondary N) is 1. The van der Waals surface area contributed by atoms with E-state index in [0.717, 1.165) is 18.4 Å². The average molecular weight is 328 g/mol. The summed E-state index contributed by atoms with van der Waals surface area (Å²) in [5.41, 5.74) is 2.26. The van der Waals surface area contributed by atoms with Gasteiger partial charge in [0.2, 0.25) is 11.8 Å². The number of aryl methyl sites for hydroxylation is 1. The molecule has 0 spiro atoms. The van der Waals surface area contributed by atoms with Gasteiger partial charge in [0, 0.05) is 19.0 Å². The Morgan fingerprint density at radius 3 is 2.46 bits per heavy atom. The zero-order valence-corrected chi connectivity index (χ0v) is 14.8. The molecule has 1 saturated carbocycles. The van der Waals surface area contributed by atoms with Crippen LogP contribution in [0.3, 0.4) is 0 Å². The number of carbonyl (C=O) groups is 2. The maximum absolute atomic E-state index is 12.9. The Balaban J connectivity index is 1.85. The Morgan fingerprint density at radius 2 is 1.83 bits per heavy atom. The summed E-state index contributed by atoms with van der Waals surface area (Å²) in [6.45, 7) is 4.69. The van der Waals surface area contributed by atoms with Crippen molar-refractivity contribution < 1.29 is 9.59 Å². The van der Waals surface area contributed by atoms with Gasteiger partial charge in [-0.1, -0.05) is 42.7 Å². The third-order valence-electron chi connectivity index (χ3n) is 5.50. The Kier molecular flexibility index (Phi) is 5.22. The molecule has 2 amide bonds. The quantitative estimate of drug-likeness (QED) is 0.921. The van der Waals surface area contributed by atoms with Crippen molar-refractivity contribution in [1.82, 2.24) is 10.2 Å². The van der Waals surface area contributed by atoms with Crippen LogP contribution in [-0.2, 0) is 9.59 Å². The first kappa shape index (κ1) is 17.0. The Bertz CT molecular complexity index is 590. The lowest BCUT2D eigenvalue weighted by molar-refractivity contribution is -0.143. The van der Waals surface area contributed by atoms with Crippen LogP contribution in [0.5, 0.6) is 0 Å². The molecule has 2 fully saturated rings. The van der Waals surface area contributed by atoms with Gasteiger partial charge in [-0.3, -0.25) is 9.59 Å².